The SMILES string of the molecule is CCN1C(=CC=Cc2sc3ccccc3[n+]2CC)N(CC(O)CO)c2cc(Cl)c(Cl)cc21. The third-order valence-corrected chi connectivity index (χ3v) is 7.36. The molecule has 0 bridgehead atoms. The number of allylic oxidation sites excluding steroid dienone is 2. The average molecular weight is 491 g/mol. The van der Waals surface area contributed by atoms with E-state index in [1.54, 1.807) is 11.3 Å². The molecule has 2 N–H and O–H groups in total. The molecule has 0 fully saturated rings. The third kappa shape index (κ3) is 4.26. The third-order valence-electron chi connectivity index (χ3n) is 5.51. The van der Waals surface area contributed by atoms with Crippen LogP contribution in [-0.2, 0) is 6.54 Å². The lowest BCUT2D eigenvalue weighted by atomic mass is 10.2. The second-order valence-corrected chi connectivity index (χ2v) is 9.36. The molecule has 0 radical (unpaired) electrons. The number of fused-ring (bicyclic) bond motifs is 2. The molecule has 1 atom stereocenters. The Bertz CT molecular complexity index is 1190. The lowest BCUT2D eigenvalue weighted by molar-refractivity contribution is -0.665. The highest BCUT2D eigenvalue weighted by Crippen LogP contribution is 2.45. The number of benzene rings is 2. The highest BCUT2D eigenvalue weighted by Gasteiger charge is 2.32. The summed E-state index contributed by atoms with van der Waals surface area (Å²) in [5.74, 6) is 0.897. The topological polar surface area (TPSA) is 50.8 Å². The maximum Gasteiger partial charge on any atom is 0.262 e. The largest absolute Gasteiger partial charge is 0.394 e. The molecule has 1 aliphatic heterocycles. The summed E-state index contributed by atoms with van der Waals surface area (Å²) >= 11 is 14.4. The highest BCUT2D eigenvalue weighted by atomic mass is 35.5. The summed E-state index contributed by atoms with van der Waals surface area (Å²) in [6.45, 7) is 5.74. The predicted octanol–water partition coefficient (Wildman–Crippen LogP) is 5.07. The minimum absolute atomic E-state index is 0.246. The molecule has 3 aromatic rings. The Morgan fingerprint density at radius 1 is 1.09 bits per heavy atom. The number of para-hydroxylation sites is 1. The molecule has 1 aliphatic rings. The van der Waals surface area contributed by atoms with Gasteiger partial charge in [-0.1, -0.05) is 52.7 Å². The Morgan fingerprint density at radius 3 is 2.44 bits per heavy atom. The van der Waals surface area contributed by atoms with Crippen LogP contribution >= 0.6 is 34.5 Å². The van der Waals surface area contributed by atoms with E-state index in [-0.39, 0.29) is 13.2 Å². The summed E-state index contributed by atoms with van der Waals surface area (Å²) < 4.78 is 3.55. The summed E-state index contributed by atoms with van der Waals surface area (Å²) in [4.78, 5) is 4.11. The fourth-order valence-electron chi connectivity index (χ4n) is 4.04. The van der Waals surface area contributed by atoms with Gasteiger partial charge in [0.05, 0.1) is 40.7 Å². The molecular weight excluding hydrogens is 465 g/mol. The summed E-state index contributed by atoms with van der Waals surface area (Å²) in [5, 5.41) is 21.7. The summed E-state index contributed by atoms with van der Waals surface area (Å²) in [6, 6.07) is 12.1. The van der Waals surface area contributed by atoms with Crippen molar-refractivity contribution in [3.05, 3.63) is 69.4 Å². The van der Waals surface area contributed by atoms with Crippen molar-refractivity contribution in [2.24, 2.45) is 0 Å². The van der Waals surface area contributed by atoms with E-state index in [1.165, 1.54) is 10.2 Å². The quantitative estimate of drug-likeness (QED) is 0.454. The van der Waals surface area contributed by atoms with Crippen molar-refractivity contribution in [1.29, 1.82) is 0 Å². The fraction of sp³-hybridized carbons (Fsp3) is 0.292. The van der Waals surface area contributed by atoms with E-state index in [2.05, 4.69) is 53.7 Å². The highest BCUT2D eigenvalue weighted by molar-refractivity contribution is 7.18. The van der Waals surface area contributed by atoms with E-state index in [4.69, 9.17) is 23.2 Å². The van der Waals surface area contributed by atoms with Crippen LogP contribution in [0.4, 0.5) is 11.4 Å². The number of hydrogen-bond acceptors (Lipinski definition) is 5. The smallest absolute Gasteiger partial charge is 0.262 e. The number of aliphatic hydroxyl groups is 2. The van der Waals surface area contributed by atoms with Crippen LogP contribution in [0, 0.1) is 0 Å². The van der Waals surface area contributed by atoms with Crippen LogP contribution in [0.2, 0.25) is 10.0 Å². The molecule has 32 heavy (non-hydrogen) atoms. The number of hydrogen-bond donors (Lipinski definition) is 2. The Hall–Kier alpha value is -2.09. The van der Waals surface area contributed by atoms with E-state index >= 15 is 0 Å². The second kappa shape index (κ2) is 9.81. The standard InChI is InChI=1S/C24H26Cl2N3O2S/c1-3-27-20-12-17(25)18(26)13-21(20)29(14-16(31)15-30)23(27)10-7-11-24-28(4-2)19-8-5-6-9-22(19)32-24/h5-13,16,30-31H,3-4,14-15H2,1-2H3/q+1. The van der Waals surface area contributed by atoms with Gasteiger partial charge < -0.3 is 20.0 Å². The zero-order chi connectivity index (χ0) is 22.8. The van der Waals surface area contributed by atoms with Crippen LogP contribution in [-0.4, -0.2) is 36.0 Å². The molecule has 2 aromatic carbocycles. The zero-order valence-corrected chi connectivity index (χ0v) is 20.3. The average Bonchev–Trinajstić information content (AvgIpc) is 3.28. The number of rotatable bonds is 7. The summed E-state index contributed by atoms with van der Waals surface area (Å²) in [7, 11) is 0. The van der Waals surface area contributed by atoms with Crippen LogP contribution in [0.5, 0.6) is 0 Å². The molecule has 5 nitrogen and oxygen atoms in total. The summed E-state index contributed by atoms with van der Waals surface area (Å²) in [6.07, 6.45) is 5.28. The van der Waals surface area contributed by atoms with E-state index in [0.29, 0.717) is 16.6 Å². The van der Waals surface area contributed by atoms with Crippen molar-refractivity contribution in [1.82, 2.24) is 0 Å². The molecule has 1 unspecified atom stereocenters. The van der Waals surface area contributed by atoms with Gasteiger partial charge in [-0.25, -0.2) is 0 Å². The zero-order valence-electron chi connectivity index (χ0n) is 18.0. The molecule has 0 saturated carbocycles. The first-order chi connectivity index (χ1) is 15.5. The van der Waals surface area contributed by atoms with Crippen LogP contribution < -0.4 is 14.4 Å². The van der Waals surface area contributed by atoms with Crippen molar-refractivity contribution in [3.63, 3.8) is 0 Å². The van der Waals surface area contributed by atoms with Crippen molar-refractivity contribution in [3.8, 4) is 0 Å². The fourth-order valence-corrected chi connectivity index (χ4v) is 5.50. The van der Waals surface area contributed by atoms with E-state index in [9.17, 15) is 10.2 Å². The van der Waals surface area contributed by atoms with Gasteiger partial charge in [-0.15, -0.1) is 0 Å². The normalized spacial score (nSPS) is 16.0. The lowest BCUT2D eigenvalue weighted by Gasteiger charge is -2.25. The molecular formula is C24H26Cl2N3O2S+. The number of nitrogens with zero attached hydrogens (tertiary/aromatic N) is 3. The lowest BCUT2D eigenvalue weighted by Crippen LogP contribution is -2.35. The van der Waals surface area contributed by atoms with Gasteiger partial charge in [0.25, 0.3) is 5.01 Å². The van der Waals surface area contributed by atoms with Gasteiger partial charge in [0, 0.05) is 18.7 Å². The maximum absolute atomic E-state index is 10.2. The van der Waals surface area contributed by atoms with Crippen molar-refractivity contribution in [2.75, 3.05) is 29.5 Å². The molecule has 4 rings (SSSR count). The van der Waals surface area contributed by atoms with Crippen LogP contribution in [0.1, 0.15) is 18.9 Å². The molecule has 8 heteroatoms. The van der Waals surface area contributed by atoms with Gasteiger partial charge in [0.2, 0.25) is 5.52 Å². The molecule has 0 amide bonds. The first kappa shape index (κ1) is 23.1. The van der Waals surface area contributed by atoms with Gasteiger partial charge in [0.15, 0.2) is 0 Å². The molecule has 168 valence electrons. The number of β-amino-alcohol motifs (C(OH)–C–C–N with tert-alkyl or cyclic N) is 1. The Balaban J connectivity index is 1.74. The van der Waals surface area contributed by atoms with Crippen molar-refractivity contribution in [2.45, 2.75) is 26.5 Å². The Labute approximate surface area is 202 Å². The first-order valence-electron chi connectivity index (χ1n) is 10.6. The second-order valence-electron chi connectivity index (χ2n) is 7.48. The first-order valence-corrected chi connectivity index (χ1v) is 12.2. The number of aryl methyl sites for hydroxylation is 1. The van der Waals surface area contributed by atoms with Gasteiger partial charge in [-0.3, -0.25) is 0 Å². The number of anilines is 2. The van der Waals surface area contributed by atoms with Crippen LogP contribution in [0.25, 0.3) is 16.3 Å². The van der Waals surface area contributed by atoms with Gasteiger partial charge >= 0.3 is 0 Å². The van der Waals surface area contributed by atoms with Crippen molar-refractivity contribution >= 4 is 62.2 Å². The van der Waals surface area contributed by atoms with E-state index < -0.39 is 6.10 Å². The van der Waals surface area contributed by atoms with Crippen LogP contribution in [0.15, 0.2) is 54.4 Å². The molecule has 0 aliphatic carbocycles. The minimum Gasteiger partial charge on any atom is -0.394 e. The Morgan fingerprint density at radius 2 is 1.78 bits per heavy atom. The van der Waals surface area contributed by atoms with E-state index in [0.717, 1.165) is 28.7 Å². The maximum atomic E-state index is 10.2. The molecule has 0 spiro atoms. The minimum atomic E-state index is -0.883. The Kier molecular flexibility index (Phi) is 7.08. The van der Waals surface area contributed by atoms with Gasteiger partial charge in [-0.2, -0.15) is 4.57 Å². The van der Waals surface area contributed by atoms with Gasteiger partial charge in [0.1, 0.15) is 17.1 Å². The van der Waals surface area contributed by atoms with Crippen molar-refractivity contribution < 1.29 is 14.8 Å². The van der Waals surface area contributed by atoms with Crippen LogP contribution in [0.3, 0.4) is 0 Å². The number of aromatic nitrogens is 1. The molecule has 0 saturated heterocycles. The summed E-state index contributed by atoms with van der Waals surface area (Å²) in [5.41, 5.74) is 3.02. The van der Waals surface area contributed by atoms with Gasteiger partial charge in [-0.05, 0) is 38.1 Å². The molecule has 1 aromatic heterocycles. The van der Waals surface area contributed by atoms with E-state index in [1.807, 2.05) is 29.2 Å². The number of aliphatic hydroxyl groups excluding tert-OH is 2. The number of halogens is 2. The molecule has 2 heterocycles. The predicted molar refractivity (Wildman–Crippen MR) is 135 cm³/mol. The number of thiazole rings is 1. The monoisotopic (exact) mass is 490 g/mol.